The van der Waals surface area contributed by atoms with E-state index in [1.165, 1.54) is 10.5 Å². The standard InChI is InChI=1S/C30H40N2O6/c1-28(2,3)38-27(37)20-11-9-19(10-12-20)21-13-15-30(6)18-31(17-14-23(30)29(21,4)5)24(33)25(34)32-16-7-8-22(32)26(35)36/h9-13,22-23H,7-8,14-18H2,1-6H3,(H,35,36). The summed E-state index contributed by atoms with van der Waals surface area (Å²) in [5.74, 6) is -2.42. The van der Waals surface area contributed by atoms with E-state index >= 15 is 0 Å². The van der Waals surface area contributed by atoms with Crippen molar-refractivity contribution in [2.45, 2.75) is 78.9 Å². The molecule has 3 aliphatic rings. The lowest BCUT2D eigenvalue weighted by Gasteiger charge is -2.55. The summed E-state index contributed by atoms with van der Waals surface area (Å²) in [6.07, 6.45) is 4.71. The highest BCUT2D eigenvalue weighted by atomic mass is 16.6. The molecule has 8 heteroatoms. The van der Waals surface area contributed by atoms with Gasteiger partial charge in [-0.1, -0.05) is 39.0 Å². The van der Waals surface area contributed by atoms with Crippen LogP contribution in [-0.2, 0) is 19.1 Å². The van der Waals surface area contributed by atoms with Crippen LogP contribution in [0, 0.1) is 16.7 Å². The van der Waals surface area contributed by atoms with Crippen molar-refractivity contribution in [2.75, 3.05) is 19.6 Å². The van der Waals surface area contributed by atoms with Gasteiger partial charge in [-0.25, -0.2) is 9.59 Å². The predicted octanol–water partition coefficient (Wildman–Crippen LogP) is 4.39. The summed E-state index contributed by atoms with van der Waals surface area (Å²) >= 11 is 0. The minimum Gasteiger partial charge on any atom is -0.480 e. The van der Waals surface area contributed by atoms with E-state index in [1.807, 2.05) is 45.0 Å². The molecule has 8 nitrogen and oxygen atoms in total. The van der Waals surface area contributed by atoms with Crippen LogP contribution in [-0.4, -0.2) is 69.9 Å². The quantitative estimate of drug-likeness (QED) is 0.465. The van der Waals surface area contributed by atoms with Gasteiger partial charge in [-0.15, -0.1) is 0 Å². The number of nitrogens with zero attached hydrogens (tertiary/aromatic N) is 2. The number of carboxylic acid groups (broad SMARTS) is 1. The predicted molar refractivity (Wildman–Crippen MR) is 143 cm³/mol. The van der Waals surface area contributed by atoms with Crippen molar-refractivity contribution in [3.8, 4) is 0 Å². The van der Waals surface area contributed by atoms with Crippen LogP contribution in [0.2, 0.25) is 0 Å². The highest BCUT2D eigenvalue weighted by molar-refractivity contribution is 6.35. The molecule has 1 aromatic carbocycles. The van der Waals surface area contributed by atoms with Crippen LogP contribution < -0.4 is 0 Å². The van der Waals surface area contributed by atoms with Gasteiger partial charge < -0.3 is 19.6 Å². The van der Waals surface area contributed by atoms with Crippen molar-refractivity contribution in [1.82, 2.24) is 9.80 Å². The van der Waals surface area contributed by atoms with Gasteiger partial charge in [0.25, 0.3) is 0 Å². The van der Waals surface area contributed by atoms with Gasteiger partial charge in [0.2, 0.25) is 0 Å². The molecule has 0 aromatic heterocycles. The highest BCUT2D eigenvalue weighted by Crippen LogP contribution is 2.57. The van der Waals surface area contributed by atoms with Crippen LogP contribution in [0.3, 0.4) is 0 Å². The molecule has 2 saturated heterocycles. The number of likely N-dealkylation sites (tertiary alicyclic amines) is 2. The van der Waals surface area contributed by atoms with Crippen molar-refractivity contribution < 1.29 is 29.0 Å². The zero-order chi connectivity index (χ0) is 28.0. The molecule has 1 aliphatic carbocycles. The number of ether oxygens (including phenoxy) is 1. The molecule has 2 fully saturated rings. The summed E-state index contributed by atoms with van der Waals surface area (Å²) in [6, 6.07) is 6.65. The number of rotatable bonds is 3. The first-order valence-corrected chi connectivity index (χ1v) is 13.5. The van der Waals surface area contributed by atoms with Crippen LogP contribution in [0.15, 0.2) is 30.3 Å². The topological polar surface area (TPSA) is 104 Å². The fourth-order valence-corrected chi connectivity index (χ4v) is 6.79. The number of esters is 1. The number of carboxylic acids is 1. The molecule has 3 unspecified atom stereocenters. The number of carbonyl (C=O) groups is 4. The summed E-state index contributed by atoms with van der Waals surface area (Å²) in [6.45, 7) is 13.4. The first-order chi connectivity index (χ1) is 17.6. The molecule has 3 atom stereocenters. The summed E-state index contributed by atoms with van der Waals surface area (Å²) in [4.78, 5) is 53.0. The van der Waals surface area contributed by atoms with Crippen LogP contribution in [0.25, 0.3) is 5.57 Å². The van der Waals surface area contributed by atoms with Crippen molar-refractivity contribution in [2.24, 2.45) is 16.7 Å². The molecule has 38 heavy (non-hydrogen) atoms. The van der Waals surface area contributed by atoms with Crippen LogP contribution >= 0.6 is 0 Å². The minimum absolute atomic E-state index is 0.192. The fourth-order valence-electron chi connectivity index (χ4n) is 6.79. The maximum Gasteiger partial charge on any atom is 0.338 e. The van der Waals surface area contributed by atoms with E-state index in [-0.39, 0.29) is 22.7 Å². The summed E-state index contributed by atoms with van der Waals surface area (Å²) in [5.41, 5.74) is 1.83. The van der Waals surface area contributed by atoms with Gasteiger partial charge in [-0.2, -0.15) is 0 Å². The van der Waals surface area contributed by atoms with Gasteiger partial charge in [0, 0.05) is 19.6 Å². The van der Waals surface area contributed by atoms with E-state index < -0.39 is 29.4 Å². The summed E-state index contributed by atoms with van der Waals surface area (Å²) < 4.78 is 5.49. The number of carbonyl (C=O) groups excluding carboxylic acids is 3. The van der Waals surface area contributed by atoms with Gasteiger partial charge in [0.05, 0.1) is 5.56 Å². The third kappa shape index (κ3) is 5.22. The molecule has 1 N–H and O–H groups in total. The normalized spacial score (nSPS) is 26.8. The SMILES string of the molecule is CC(C)(C)OC(=O)c1ccc(C2=CCC3(C)CN(C(=O)C(=O)N4CCCC4C(=O)O)CCC3C2(C)C)cc1. The molecule has 1 aromatic rings. The smallest absolute Gasteiger partial charge is 0.338 e. The second-order valence-electron chi connectivity index (χ2n) is 12.8. The zero-order valence-electron chi connectivity index (χ0n) is 23.4. The van der Waals surface area contributed by atoms with Crippen LogP contribution in [0.4, 0.5) is 0 Å². The maximum absolute atomic E-state index is 13.2. The van der Waals surface area contributed by atoms with Crippen molar-refractivity contribution in [3.63, 3.8) is 0 Å². The molecule has 0 bridgehead atoms. The van der Waals surface area contributed by atoms with E-state index in [9.17, 15) is 24.3 Å². The zero-order valence-corrected chi connectivity index (χ0v) is 23.4. The van der Waals surface area contributed by atoms with Gasteiger partial charge >= 0.3 is 23.8 Å². The van der Waals surface area contributed by atoms with E-state index in [0.717, 1.165) is 18.4 Å². The van der Waals surface area contributed by atoms with E-state index in [2.05, 4.69) is 26.8 Å². The monoisotopic (exact) mass is 524 g/mol. The van der Waals surface area contributed by atoms with Gasteiger partial charge in [0.1, 0.15) is 11.6 Å². The molecule has 2 amide bonds. The number of benzene rings is 1. The Morgan fingerprint density at radius 3 is 2.24 bits per heavy atom. The molecule has 206 valence electrons. The fraction of sp³-hybridized carbons (Fsp3) is 0.600. The highest BCUT2D eigenvalue weighted by Gasteiger charge is 2.52. The Labute approximate surface area is 225 Å². The number of allylic oxidation sites excluding steroid dienone is 2. The number of hydrogen-bond acceptors (Lipinski definition) is 5. The largest absolute Gasteiger partial charge is 0.480 e. The molecular formula is C30H40N2O6. The van der Waals surface area contributed by atoms with E-state index in [0.29, 0.717) is 38.0 Å². The Morgan fingerprint density at radius 1 is 0.974 bits per heavy atom. The lowest BCUT2D eigenvalue weighted by Crippen LogP contribution is -2.58. The van der Waals surface area contributed by atoms with Gasteiger partial charge in [-0.05, 0) is 86.5 Å². The summed E-state index contributed by atoms with van der Waals surface area (Å²) in [7, 11) is 0. The number of aliphatic carboxylic acids is 1. The summed E-state index contributed by atoms with van der Waals surface area (Å²) in [5, 5.41) is 9.44. The van der Waals surface area contributed by atoms with E-state index in [4.69, 9.17) is 4.74 Å². The second-order valence-corrected chi connectivity index (χ2v) is 12.8. The third-order valence-corrected chi connectivity index (χ3v) is 8.52. The Balaban J connectivity index is 1.50. The van der Waals surface area contributed by atoms with Crippen LogP contribution in [0.1, 0.15) is 83.1 Å². The minimum atomic E-state index is -1.06. The van der Waals surface area contributed by atoms with Gasteiger partial charge in [-0.3, -0.25) is 9.59 Å². The average molecular weight is 525 g/mol. The van der Waals surface area contributed by atoms with Crippen molar-refractivity contribution in [1.29, 1.82) is 0 Å². The Bertz CT molecular complexity index is 1160. The molecule has 2 heterocycles. The molecule has 0 spiro atoms. The maximum atomic E-state index is 13.2. The van der Waals surface area contributed by atoms with E-state index in [1.54, 1.807) is 4.90 Å². The lowest BCUT2D eigenvalue weighted by atomic mass is 9.53. The lowest BCUT2D eigenvalue weighted by molar-refractivity contribution is -0.159. The number of amides is 2. The number of fused-ring (bicyclic) bond motifs is 1. The molecule has 4 rings (SSSR count). The first kappa shape index (κ1) is 27.9. The van der Waals surface area contributed by atoms with Crippen molar-refractivity contribution in [3.05, 3.63) is 41.5 Å². The Morgan fingerprint density at radius 2 is 1.63 bits per heavy atom. The molecular weight excluding hydrogens is 484 g/mol. The second kappa shape index (κ2) is 9.86. The Kier molecular flexibility index (Phi) is 7.23. The molecule has 2 aliphatic heterocycles. The molecule has 0 saturated carbocycles. The third-order valence-electron chi connectivity index (χ3n) is 8.52. The van der Waals surface area contributed by atoms with Gasteiger partial charge in [0.15, 0.2) is 0 Å². The van der Waals surface area contributed by atoms with Crippen molar-refractivity contribution >= 4 is 29.3 Å². The van der Waals surface area contributed by atoms with Crippen LogP contribution in [0.5, 0.6) is 0 Å². The molecule has 0 radical (unpaired) electrons. The first-order valence-electron chi connectivity index (χ1n) is 13.5. The Hall–Kier alpha value is -3.16. The number of hydrogen-bond donors (Lipinski definition) is 1. The average Bonchev–Trinajstić information content (AvgIpc) is 3.32. The number of piperidine rings is 1.